The van der Waals surface area contributed by atoms with Crippen LogP contribution in [0.3, 0.4) is 0 Å². The molecule has 0 spiro atoms. The predicted octanol–water partition coefficient (Wildman–Crippen LogP) is 3.39. The Morgan fingerprint density at radius 2 is 1.95 bits per heavy atom. The van der Waals surface area contributed by atoms with Gasteiger partial charge < -0.3 is 15.5 Å². The zero-order chi connectivity index (χ0) is 15.1. The number of aliphatic carboxylic acids is 1. The topological polar surface area (TPSA) is 82.5 Å². The van der Waals surface area contributed by atoms with Crippen LogP contribution in [-0.4, -0.2) is 27.7 Å². The highest BCUT2D eigenvalue weighted by atomic mass is 16.4. The maximum Gasteiger partial charge on any atom is 0.303 e. The summed E-state index contributed by atoms with van der Waals surface area (Å²) in [6.07, 6.45) is 5.62. The number of phenolic OH excluding ortho intramolecular Hbond substituents is 1. The molecule has 21 heavy (non-hydrogen) atoms. The molecule has 112 valence electrons. The normalized spacial score (nSPS) is 10.7. The van der Waals surface area contributed by atoms with Gasteiger partial charge >= 0.3 is 5.97 Å². The zero-order valence-electron chi connectivity index (χ0n) is 11.9. The molecule has 1 aromatic heterocycles. The maximum absolute atomic E-state index is 10.4. The number of phenols is 1. The predicted molar refractivity (Wildman–Crippen MR) is 82.6 cm³/mol. The Hall–Kier alpha value is -2.30. The molecule has 0 saturated carbocycles. The molecule has 1 aromatic carbocycles. The van der Waals surface area contributed by atoms with Gasteiger partial charge in [-0.3, -0.25) is 4.79 Å². The zero-order valence-corrected chi connectivity index (χ0v) is 11.9. The molecule has 0 radical (unpaired) electrons. The second kappa shape index (κ2) is 7.47. The van der Waals surface area contributed by atoms with Crippen LogP contribution in [0, 0.1) is 0 Å². The number of anilines is 1. The van der Waals surface area contributed by atoms with Crippen molar-refractivity contribution in [3.63, 3.8) is 0 Å². The third-order valence-electron chi connectivity index (χ3n) is 3.36. The minimum atomic E-state index is -0.729. The molecule has 5 heteroatoms. The van der Waals surface area contributed by atoms with Crippen LogP contribution in [0.1, 0.15) is 32.1 Å². The Morgan fingerprint density at radius 3 is 2.76 bits per heavy atom. The number of pyridine rings is 1. The lowest BCUT2D eigenvalue weighted by molar-refractivity contribution is -0.137. The van der Waals surface area contributed by atoms with Gasteiger partial charge in [-0.2, -0.15) is 0 Å². The fourth-order valence-electron chi connectivity index (χ4n) is 2.26. The molecule has 1 heterocycles. The Kier molecular flexibility index (Phi) is 5.37. The van der Waals surface area contributed by atoms with E-state index < -0.39 is 5.97 Å². The van der Waals surface area contributed by atoms with Crippen LogP contribution < -0.4 is 5.32 Å². The molecule has 0 amide bonds. The molecule has 0 unspecified atom stereocenters. The van der Waals surface area contributed by atoms with E-state index in [-0.39, 0.29) is 12.2 Å². The van der Waals surface area contributed by atoms with Crippen LogP contribution in [0.15, 0.2) is 30.5 Å². The van der Waals surface area contributed by atoms with Crippen molar-refractivity contribution in [3.8, 4) is 5.75 Å². The fourth-order valence-corrected chi connectivity index (χ4v) is 2.26. The third-order valence-corrected chi connectivity index (χ3v) is 3.36. The lowest BCUT2D eigenvalue weighted by Crippen LogP contribution is -2.04. The highest BCUT2D eigenvalue weighted by Crippen LogP contribution is 2.25. The van der Waals surface area contributed by atoms with Gasteiger partial charge in [0.15, 0.2) is 0 Å². The molecule has 0 atom stereocenters. The summed E-state index contributed by atoms with van der Waals surface area (Å²) in [7, 11) is 0. The Bertz CT molecular complexity index is 613. The van der Waals surface area contributed by atoms with Crippen molar-refractivity contribution in [2.45, 2.75) is 32.1 Å². The maximum atomic E-state index is 10.4. The fraction of sp³-hybridized carbons (Fsp3) is 0.375. The number of carboxylic acid groups (broad SMARTS) is 1. The summed E-state index contributed by atoms with van der Waals surface area (Å²) in [6.45, 7) is 0.787. The third kappa shape index (κ3) is 4.63. The van der Waals surface area contributed by atoms with E-state index in [0.29, 0.717) is 0 Å². The van der Waals surface area contributed by atoms with Crippen LogP contribution in [0.4, 0.5) is 5.82 Å². The number of benzene rings is 1. The smallest absolute Gasteiger partial charge is 0.303 e. The molecule has 0 aliphatic carbocycles. The molecule has 3 N–H and O–H groups in total. The summed E-state index contributed by atoms with van der Waals surface area (Å²) in [5.74, 6) is 0.272. The van der Waals surface area contributed by atoms with Gasteiger partial charge in [0.2, 0.25) is 0 Å². The van der Waals surface area contributed by atoms with Crippen molar-refractivity contribution >= 4 is 22.6 Å². The van der Waals surface area contributed by atoms with E-state index in [4.69, 9.17) is 5.11 Å². The van der Waals surface area contributed by atoms with Crippen LogP contribution >= 0.6 is 0 Å². The summed E-state index contributed by atoms with van der Waals surface area (Å²) >= 11 is 0. The van der Waals surface area contributed by atoms with Crippen LogP contribution in [0.2, 0.25) is 0 Å². The number of aromatic hydroxyl groups is 1. The van der Waals surface area contributed by atoms with E-state index in [0.717, 1.165) is 48.8 Å². The van der Waals surface area contributed by atoms with Crippen LogP contribution in [-0.2, 0) is 4.79 Å². The van der Waals surface area contributed by atoms with Crippen molar-refractivity contribution in [2.24, 2.45) is 0 Å². The minimum absolute atomic E-state index is 0.229. The molecular formula is C16H20N2O3. The number of hydrogen-bond acceptors (Lipinski definition) is 4. The van der Waals surface area contributed by atoms with E-state index in [1.54, 1.807) is 18.3 Å². The van der Waals surface area contributed by atoms with Gasteiger partial charge in [0.05, 0.1) is 0 Å². The molecule has 0 aliphatic rings. The lowest BCUT2D eigenvalue weighted by atomic mass is 10.1. The van der Waals surface area contributed by atoms with Gasteiger partial charge in [0, 0.05) is 24.5 Å². The summed E-state index contributed by atoms with van der Waals surface area (Å²) in [6, 6.07) is 7.14. The van der Waals surface area contributed by atoms with Crippen molar-refractivity contribution in [3.05, 3.63) is 30.5 Å². The number of rotatable bonds is 8. The van der Waals surface area contributed by atoms with Gasteiger partial charge in [-0.1, -0.05) is 18.9 Å². The van der Waals surface area contributed by atoms with Crippen molar-refractivity contribution in [2.75, 3.05) is 11.9 Å². The summed E-state index contributed by atoms with van der Waals surface area (Å²) in [5, 5.41) is 23.3. The largest absolute Gasteiger partial charge is 0.508 e. The lowest BCUT2D eigenvalue weighted by Gasteiger charge is -2.09. The average molecular weight is 288 g/mol. The number of hydrogen-bond donors (Lipinski definition) is 3. The van der Waals surface area contributed by atoms with Crippen molar-refractivity contribution in [1.29, 1.82) is 0 Å². The second-order valence-corrected chi connectivity index (χ2v) is 5.05. The second-order valence-electron chi connectivity index (χ2n) is 5.05. The van der Waals surface area contributed by atoms with Gasteiger partial charge in [-0.15, -0.1) is 0 Å². The van der Waals surface area contributed by atoms with Gasteiger partial charge in [-0.25, -0.2) is 4.98 Å². The van der Waals surface area contributed by atoms with E-state index in [1.807, 2.05) is 12.1 Å². The van der Waals surface area contributed by atoms with E-state index >= 15 is 0 Å². The molecule has 0 bridgehead atoms. The average Bonchev–Trinajstić information content (AvgIpc) is 2.46. The first kappa shape index (κ1) is 15.1. The van der Waals surface area contributed by atoms with E-state index in [9.17, 15) is 9.90 Å². The first-order valence-electron chi connectivity index (χ1n) is 7.20. The van der Waals surface area contributed by atoms with Crippen molar-refractivity contribution < 1.29 is 15.0 Å². The van der Waals surface area contributed by atoms with E-state index in [2.05, 4.69) is 10.3 Å². The number of nitrogens with zero attached hydrogens (tertiary/aromatic N) is 1. The molecule has 2 aromatic rings. The first-order valence-corrected chi connectivity index (χ1v) is 7.20. The molecule has 5 nitrogen and oxygen atoms in total. The summed E-state index contributed by atoms with van der Waals surface area (Å²) < 4.78 is 0. The highest BCUT2D eigenvalue weighted by Gasteiger charge is 2.03. The monoisotopic (exact) mass is 288 g/mol. The number of unbranched alkanes of at least 4 members (excludes halogenated alkanes) is 3. The van der Waals surface area contributed by atoms with Gasteiger partial charge in [0.25, 0.3) is 0 Å². The minimum Gasteiger partial charge on any atom is -0.508 e. The highest BCUT2D eigenvalue weighted by molar-refractivity contribution is 5.92. The quantitative estimate of drug-likeness (QED) is 0.649. The molecular weight excluding hydrogens is 268 g/mol. The standard InChI is InChI=1S/C16H20N2O3/c19-13-7-6-12-8-10-18-16(14(12)11-13)17-9-4-2-1-3-5-15(20)21/h6-8,10-11,19H,1-5,9H2,(H,17,18)(H,20,21). The molecule has 0 fully saturated rings. The van der Waals surface area contributed by atoms with Gasteiger partial charge in [-0.05, 0) is 36.4 Å². The number of carboxylic acids is 1. The molecule has 0 saturated heterocycles. The summed E-state index contributed by atoms with van der Waals surface area (Å²) in [5.41, 5.74) is 0. The summed E-state index contributed by atoms with van der Waals surface area (Å²) in [4.78, 5) is 14.7. The number of aromatic nitrogens is 1. The molecule has 0 aliphatic heterocycles. The van der Waals surface area contributed by atoms with Crippen LogP contribution in [0.25, 0.3) is 10.8 Å². The Labute approximate surface area is 123 Å². The number of carbonyl (C=O) groups is 1. The number of nitrogens with one attached hydrogen (secondary N) is 1. The van der Waals surface area contributed by atoms with Crippen molar-refractivity contribution in [1.82, 2.24) is 4.98 Å². The van der Waals surface area contributed by atoms with Gasteiger partial charge in [0.1, 0.15) is 11.6 Å². The Morgan fingerprint density at radius 1 is 1.14 bits per heavy atom. The Balaban J connectivity index is 1.81. The SMILES string of the molecule is O=C(O)CCCCCCNc1nccc2ccc(O)cc12. The molecule has 2 rings (SSSR count). The van der Waals surface area contributed by atoms with Crippen LogP contribution in [0.5, 0.6) is 5.75 Å². The van der Waals surface area contributed by atoms with E-state index in [1.165, 1.54) is 0 Å². The number of fused-ring (bicyclic) bond motifs is 1. The first-order chi connectivity index (χ1) is 10.2.